The molecule has 1 N–H and O–H groups in total. The van der Waals surface area contributed by atoms with Gasteiger partial charge < -0.3 is 10.0 Å². The number of hydrogen-bond donors (Lipinski definition) is 1. The molecule has 0 radical (unpaired) electrons. The van der Waals surface area contributed by atoms with Crippen LogP contribution in [-0.2, 0) is 9.59 Å². The fraction of sp³-hybridized carbons (Fsp3) is 0.579. The van der Waals surface area contributed by atoms with Gasteiger partial charge in [0, 0.05) is 24.8 Å². The maximum atomic E-state index is 12.9. The third-order valence-electron chi connectivity index (χ3n) is 5.43. The number of likely N-dealkylation sites (tertiary alicyclic amines) is 1. The summed E-state index contributed by atoms with van der Waals surface area (Å²) in [7, 11) is 1.88. The first-order valence-electron chi connectivity index (χ1n) is 9.09. The molecule has 1 aromatic rings. The summed E-state index contributed by atoms with van der Waals surface area (Å²) in [6.45, 7) is 2.62. The van der Waals surface area contributed by atoms with Crippen LogP contribution in [0.25, 0.3) is 0 Å². The van der Waals surface area contributed by atoms with Crippen LogP contribution in [0.4, 0.5) is 5.69 Å². The molecule has 25 heavy (non-hydrogen) atoms. The number of rotatable bonds is 5. The molecule has 2 fully saturated rings. The Kier molecular flexibility index (Phi) is 5.71. The van der Waals surface area contributed by atoms with E-state index in [4.69, 9.17) is 5.11 Å². The van der Waals surface area contributed by atoms with Crippen LogP contribution in [-0.4, -0.2) is 72.1 Å². The third kappa shape index (κ3) is 4.19. The minimum Gasteiger partial charge on any atom is -0.480 e. The van der Waals surface area contributed by atoms with Crippen LogP contribution in [0.5, 0.6) is 0 Å². The molecule has 2 heterocycles. The van der Waals surface area contributed by atoms with E-state index in [9.17, 15) is 9.59 Å². The van der Waals surface area contributed by atoms with E-state index in [2.05, 4.69) is 4.90 Å². The lowest BCUT2D eigenvalue weighted by Gasteiger charge is -2.28. The van der Waals surface area contributed by atoms with Crippen molar-refractivity contribution in [3.8, 4) is 0 Å². The highest BCUT2D eigenvalue weighted by molar-refractivity contribution is 5.99. The number of anilines is 1. The number of carbonyl (C=O) groups excluding carboxylic acids is 1. The van der Waals surface area contributed by atoms with Crippen LogP contribution < -0.4 is 4.90 Å². The van der Waals surface area contributed by atoms with E-state index in [0.717, 1.165) is 51.0 Å². The number of aliphatic carboxylic acids is 1. The Morgan fingerprint density at radius 3 is 2.64 bits per heavy atom. The second-order valence-corrected chi connectivity index (χ2v) is 7.06. The maximum Gasteiger partial charge on any atom is 0.317 e. The topological polar surface area (TPSA) is 64.1 Å². The molecule has 0 spiro atoms. The van der Waals surface area contributed by atoms with Gasteiger partial charge >= 0.3 is 5.97 Å². The number of carboxylic acid groups (broad SMARTS) is 1. The minimum absolute atomic E-state index is 0.0382. The number of likely N-dealkylation sites (N-methyl/N-ethyl adjacent to an activating group) is 1. The Hall–Kier alpha value is -1.92. The second-order valence-electron chi connectivity index (χ2n) is 7.06. The van der Waals surface area contributed by atoms with Crippen molar-refractivity contribution in [2.24, 2.45) is 0 Å². The maximum absolute atomic E-state index is 12.9. The van der Waals surface area contributed by atoms with Gasteiger partial charge in [0.2, 0.25) is 5.91 Å². The van der Waals surface area contributed by atoms with Crippen LogP contribution in [0.15, 0.2) is 30.3 Å². The molecule has 1 amide bonds. The van der Waals surface area contributed by atoms with Crippen molar-refractivity contribution >= 4 is 17.6 Å². The first-order valence-corrected chi connectivity index (χ1v) is 9.09. The van der Waals surface area contributed by atoms with Gasteiger partial charge in [-0.2, -0.15) is 0 Å². The predicted octanol–water partition coefficient (Wildman–Crippen LogP) is 1.66. The molecular weight excluding hydrogens is 318 g/mol. The van der Waals surface area contributed by atoms with E-state index in [1.54, 1.807) is 0 Å². The van der Waals surface area contributed by atoms with Gasteiger partial charge in [-0.05, 0) is 51.4 Å². The summed E-state index contributed by atoms with van der Waals surface area (Å²) in [4.78, 5) is 29.9. The number of carbonyl (C=O) groups is 2. The van der Waals surface area contributed by atoms with Crippen LogP contribution in [0.1, 0.15) is 25.7 Å². The summed E-state index contributed by atoms with van der Waals surface area (Å²) < 4.78 is 0. The highest BCUT2D eigenvalue weighted by Gasteiger charge is 2.37. The van der Waals surface area contributed by atoms with Crippen LogP contribution in [0.2, 0.25) is 0 Å². The van der Waals surface area contributed by atoms with Crippen molar-refractivity contribution in [1.29, 1.82) is 0 Å². The second kappa shape index (κ2) is 7.97. The number of nitrogens with zero attached hydrogens (tertiary/aromatic N) is 3. The van der Waals surface area contributed by atoms with Crippen molar-refractivity contribution in [2.75, 3.05) is 38.1 Å². The van der Waals surface area contributed by atoms with Crippen molar-refractivity contribution in [3.05, 3.63) is 30.3 Å². The first-order chi connectivity index (χ1) is 12.1. The van der Waals surface area contributed by atoms with Crippen LogP contribution in [0, 0.1) is 0 Å². The van der Waals surface area contributed by atoms with Crippen molar-refractivity contribution in [1.82, 2.24) is 9.80 Å². The average molecular weight is 345 g/mol. The molecule has 0 aromatic heterocycles. The van der Waals surface area contributed by atoms with E-state index in [-0.39, 0.29) is 24.5 Å². The minimum atomic E-state index is -0.784. The fourth-order valence-corrected chi connectivity index (χ4v) is 4.06. The van der Waals surface area contributed by atoms with Crippen LogP contribution >= 0.6 is 0 Å². The Labute approximate surface area is 149 Å². The summed E-state index contributed by atoms with van der Waals surface area (Å²) in [6, 6.07) is 10.1. The average Bonchev–Trinajstić information content (AvgIpc) is 2.82. The molecule has 0 bridgehead atoms. The van der Waals surface area contributed by atoms with Gasteiger partial charge in [0.25, 0.3) is 0 Å². The van der Waals surface area contributed by atoms with E-state index in [1.807, 2.05) is 47.2 Å². The molecule has 1 aromatic carbocycles. The summed E-state index contributed by atoms with van der Waals surface area (Å²) in [5, 5.41) is 8.98. The quantitative estimate of drug-likeness (QED) is 0.879. The van der Waals surface area contributed by atoms with Gasteiger partial charge in [-0.25, -0.2) is 0 Å². The van der Waals surface area contributed by atoms with Gasteiger partial charge in [-0.15, -0.1) is 0 Å². The van der Waals surface area contributed by atoms with Gasteiger partial charge in [0.05, 0.1) is 12.6 Å². The van der Waals surface area contributed by atoms with E-state index in [0.29, 0.717) is 0 Å². The normalized spacial score (nSPS) is 25.4. The summed E-state index contributed by atoms with van der Waals surface area (Å²) in [5.41, 5.74) is 0.976. The lowest BCUT2D eigenvalue weighted by Crippen LogP contribution is -2.43. The van der Waals surface area contributed by atoms with Crippen molar-refractivity contribution < 1.29 is 14.7 Å². The van der Waals surface area contributed by atoms with Gasteiger partial charge in [0.1, 0.15) is 0 Å². The summed E-state index contributed by atoms with van der Waals surface area (Å²) >= 11 is 0. The zero-order valence-electron chi connectivity index (χ0n) is 14.8. The standard InChI is InChI=1S/C19H27N3O3/c1-20(14-18(23)24)15-8-5-11-21(12-9-15)17-10-13-22(19(17)25)16-6-3-2-4-7-16/h2-4,6-7,15,17H,5,8-14H2,1H3,(H,23,24). The van der Waals surface area contributed by atoms with Crippen molar-refractivity contribution in [2.45, 2.75) is 37.8 Å². The molecule has 136 valence electrons. The Morgan fingerprint density at radius 2 is 1.92 bits per heavy atom. The molecule has 2 atom stereocenters. The molecule has 6 nitrogen and oxygen atoms in total. The molecule has 2 saturated heterocycles. The van der Waals surface area contributed by atoms with Gasteiger partial charge in [-0.1, -0.05) is 18.2 Å². The molecule has 2 aliphatic rings. The number of benzene rings is 1. The van der Waals surface area contributed by atoms with Gasteiger partial charge in [-0.3, -0.25) is 19.4 Å². The molecule has 0 aliphatic carbocycles. The molecule has 0 saturated carbocycles. The number of amides is 1. The smallest absolute Gasteiger partial charge is 0.317 e. The highest BCUT2D eigenvalue weighted by Crippen LogP contribution is 2.26. The molecule has 2 aliphatic heterocycles. The Balaban J connectivity index is 1.60. The lowest BCUT2D eigenvalue weighted by molar-refractivity contribution is -0.138. The number of carboxylic acids is 1. The summed E-state index contributed by atoms with van der Waals surface area (Å²) in [6.07, 6.45) is 3.77. The fourth-order valence-electron chi connectivity index (χ4n) is 4.06. The SMILES string of the molecule is CN(CC(=O)O)C1CCCN(C2CCN(c3ccccc3)C2=O)CC1. The van der Waals surface area contributed by atoms with Crippen molar-refractivity contribution in [3.63, 3.8) is 0 Å². The number of para-hydroxylation sites is 1. The molecular formula is C19H27N3O3. The Morgan fingerprint density at radius 1 is 1.16 bits per heavy atom. The van der Waals surface area contributed by atoms with E-state index in [1.165, 1.54) is 0 Å². The monoisotopic (exact) mass is 345 g/mol. The molecule has 3 rings (SSSR count). The predicted molar refractivity (Wildman–Crippen MR) is 96.7 cm³/mol. The van der Waals surface area contributed by atoms with E-state index < -0.39 is 5.97 Å². The van der Waals surface area contributed by atoms with Gasteiger partial charge in [0.15, 0.2) is 0 Å². The molecule has 6 heteroatoms. The van der Waals surface area contributed by atoms with Crippen LogP contribution in [0.3, 0.4) is 0 Å². The Bertz CT molecular complexity index is 607. The van der Waals surface area contributed by atoms with E-state index >= 15 is 0 Å². The zero-order valence-corrected chi connectivity index (χ0v) is 14.8. The largest absolute Gasteiger partial charge is 0.480 e. The summed E-state index contributed by atoms with van der Waals surface area (Å²) in [5.74, 6) is -0.586. The number of hydrogen-bond acceptors (Lipinski definition) is 4. The third-order valence-corrected chi connectivity index (χ3v) is 5.43. The zero-order chi connectivity index (χ0) is 17.8. The lowest BCUT2D eigenvalue weighted by atomic mass is 10.1. The highest BCUT2D eigenvalue weighted by atomic mass is 16.4. The molecule has 2 unspecified atom stereocenters. The first kappa shape index (κ1) is 17.9.